The highest BCUT2D eigenvalue weighted by Crippen LogP contribution is 2.16. The summed E-state index contributed by atoms with van der Waals surface area (Å²) in [4.78, 5) is 17.8. The Balaban J connectivity index is 1.99. The van der Waals surface area contributed by atoms with Crippen LogP contribution in [0.4, 0.5) is 4.79 Å². The van der Waals surface area contributed by atoms with Crippen molar-refractivity contribution in [2.45, 2.75) is 27.3 Å². The Morgan fingerprint density at radius 1 is 1.33 bits per heavy atom. The van der Waals surface area contributed by atoms with Crippen LogP contribution in [-0.4, -0.2) is 34.2 Å². The summed E-state index contributed by atoms with van der Waals surface area (Å²) in [5, 5.41) is 6.71. The number of carbonyl (C=O) groups is 1. The van der Waals surface area contributed by atoms with E-state index >= 15 is 0 Å². The molecule has 0 bridgehead atoms. The minimum absolute atomic E-state index is 0.129. The standard InChI is InChI=1S/C15H20N4O2/c1-4-19(5-2)15(20)16-10-13-17-14(18-21-13)12-8-6-7-11(3)9-12/h6-9H,4-5,10H2,1-3H3,(H,16,20). The molecule has 2 rings (SSSR count). The normalized spacial score (nSPS) is 10.4. The lowest BCUT2D eigenvalue weighted by atomic mass is 10.1. The molecular weight excluding hydrogens is 268 g/mol. The molecule has 0 unspecified atom stereocenters. The highest BCUT2D eigenvalue weighted by Gasteiger charge is 2.12. The fourth-order valence-corrected chi connectivity index (χ4v) is 2.00. The largest absolute Gasteiger partial charge is 0.337 e. The van der Waals surface area contributed by atoms with E-state index in [0.29, 0.717) is 24.8 Å². The van der Waals surface area contributed by atoms with Crippen molar-refractivity contribution in [2.24, 2.45) is 0 Å². The van der Waals surface area contributed by atoms with E-state index in [9.17, 15) is 4.79 Å². The highest BCUT2D eigenvalue weighted by molar-refractivity contribution is 5.73. The first kappa shape index (κ1) is 15.0. The van der Waals surface area contributed by atoms with Crippen LogP contribution >= 0.6 is 0 Å². The molecule has 0 spiro atoms. The minimum Gasteiger partial charge on any atom is -0.337 e. The molecule has 6 nitrogen and oxygen atoms in total. The van der Waals surface area contributed by atoms with Gasteiger partial charge in [0.15, 0.2) is 0 Å². The molecule has 0 saturated carbocycles. The van der Waals surface area contributed by atoms with Crippen LogP contribution in [0, 0.1) is 6.92 Å². The first-order valence-electron chi connectivity index (χ1n) is 7.06. The van der Waals surface area contributed by atoms with Crippen LogP contribution in [0.5, 0.6) is 0 Å². The minimum atomic E-state index is -0.129. The van der Waals surface area contributed by atoms with E-state index in [4.69, 9.17) is 4.52 Å². The number of hydrogen-bond acceptors (Lipinski definition) is 4. The zero-order chi connectivity index (χ0) is 15.2. The van der Waals surface area contributed by atoms with E-state index < -0.39 is 0 Å². The van der Waals surface area contributed by atoms with Gasteiger partial charge in [-0.25, -0.2) is 4.79 Å². The van der Waals surface area contributed by atoms with Gasteiger partial charge in [0, 0.05) is 18.7 Å². The second kappa shape index (κ2) is 6.88. The van der Waals surface area contributed by atoms with Crippen molar-refractivity contribution in [1.82, 2.24) is 20.4 Å². The SMILES string of the molecule is CCN(CC)C(=O)NCc1nc(-c2cccc(C)c2)no1. The number of rotatable bonds is 5. The predicted molar refractivity (Wildman–Crippen MR) is 79.6 cm³/mol. The Labute approximate surface area is 124 Å². The van der Waals surface area contributed by atoms with Crippen molar-refractivity contribution in [3.63, 3.8) is 0 Å². The lowest BCUT2D eigenvalue weighted by molar-refractivity contribution is 0.201. The topological polar surface area (TPSA) is 71.3 Å². The monoisotopic (exact) mass is 288 g/mol. The van der Waals surface area contributed by atoms with Crippen LogP contribution in [0.1, 0.15) is 25.3 Å². The lowest BCUT2D eigenvalue weighted by Crippen LogP contribution is -2.39. The fourth-order valence-electron chi connectivity index (χ4n) is 2.00. The molecule has 0 aliphatic carbocycles. The van der Waals surface area contributed by atoms with Crippen molar-refractivity contribution in [3.8, 4) is 11.4 Å². The number of aryl methyl sites for hydroxylation is 1. The molecule has 0 saturated heterocycles. The number of nitrogens with zero attached hydrogens (tertiary/aromatic N) is 3. The van der Waals surface area contributed by atoms with E-state index in [1.54, 1.807) is 4.90 Å². The van der Waals surface area contributed by atoms with Crippen molar-refractivity contribution in [2.75, 3.05) is 13.1 Å². The number of aromatic nitrogens is 2. The molecule has 2 amide bonds. The molecule has 112 valence electrons. The zero-order valence-corrected chi connectivity index (χ0v) is 12.6. The van der Waals surface area contributed by atoms with Crippen molar-refractivity contribution in [1.29, 1.82) is 0 Å². The molecular formula is C15H20N4O2. The summed E-state index contributed by atoms with van der Waals surface area (Å²) in [6, 6.07) is 7.74. The van der Waals surface area contributed by atoms with Crippen molar-refractivity contribution >= 4 is 6.03 Å². The summed E-state index contributed by atoms with van der Waals surface area (Å²) in [5.74, 6) is 0.929. The van der Waals surface area contributed by atoms with Crippen LogP contribution in [0.25, 0.3) is 11.4 Å². The summed E-state index contributed by atoms with van der Waals surface area (Å²) >= 11 is 0. The third-order valence-corrected chi connectivity index (χ3v) is 3.19. The molecule has 21 heavy (non-hydrogen) atoms. The van der Waals surface area contributed by atoms with Gasteiger partial charge in [-0.3, -0.25) is 0 Å². The van der Waals surface area contributed by atoms with Gasteiger partial charge in [0.2, 0.25) is 11.7 Å². The summed E-state index contributed by atoms with van der Waals surface area (Å²) < 4.78 is 5.16. The van der Waals surface area contributed by atoms with Crippen LogP contribution in [-0.2, 0) is 6.54 Å². The van der Waals surface area contributed by atoms with Crippen LogP contribution in [0.15, 0.2) is 28.8 Å². The van der Waals surface area contributed by atoms with Gasteiger partial charge < -0.3 is 14.7 Å². The molecule has 1 aromatic heterocycles. The maximum Gasteiger partial charge on any atom is 0.317 e. The third-order valence-electron chi connectivity index (χ3n) is 3.19. The van der Waals surface area contributed by atoms with Gasteiger partial charge in [-0.05, 0) is 26.8 Å². The van der Waals surface area contributed by atoms with E-state index in [0.717, 1.165) is 11.1 Å². The first-order valence-corrected chi connectivity index (χ1v) is 7.06. The van der Waals surface area contributed by atoms with Gasteiger partial charge in [-0.1, -0.05) is 28.9 Å². The van der Waals surface area contributed by atoms with Crippen LogP contribution < -0.4 is 5.32 Å². The quantitative estimate of drug-likeness (QED) is 0.918. The second-order valence-corrected chi connectivity index (χ2v) is 4.71. The molecule has 1 aromatic carbocycles. The number of carbonyl (C=O) groups excluding carboxylic acids is 1. The highest BCUT2D eigenvalue weighted by atomic mass is 16.5. The summed E-state index contributed by atoms with van der Waals surface area (Å²) in [5.41, 5.74) is 2.04. The zero-order valence-electron chi connectivity index (χ0n) is 12.6. The van der Waals surface area contributed by atoms with Gasteiger partial charge in [-0.2, -0.15) is 4.98 Å². The third kappa shape index (κ3) is 3.81. The number of nitrogens with one attached hydrogen (secondary N) is 1. The number of urea groups is 1. The second-order valence-electron chi connectivity index (χ2n) is 4.71. The van der Waals surface area contributed by atoms with Crippen LogP contribution in [0.2, 0.25) is 0 Å². The van der Waals surface area contributed by atoms with E-state index in [1.807, 2.05) is 45.0 Å². The van der Waals surface area contributed by atoms with Gasteiger partial charge in [-0.15, -0.1) is 0 Å². The molecule has 0 aliphatic rings. The smallest absolute Gasteiger partial charge is 0.317 e. The van der Waals surface area contributed by atoms with E-state index in [1.165, 1.54) is 0 Å². The molecule has 0 aliphatic heterocycles. The van der Waals surface area contributed by atoms with E-state index in [-0.39, 0.29) is 12.6 Å². The Morgan fingerprint density at radius 2 is 2.10 bits per heavy atom. The van der Waals surface area contributed by atoms with E-state index in [2.05, 4.69) is 15.5 Å². The molecule has 1 N–H and O–H groups in total. The van der Waals surface area contributed by atoms with Gasteiger partial charge in [0.05, 0.1) is 6.54 Å². The lowest BCUT2D eigenvalue weighted by Gasteiger charge is -2.18. The fraction of sp³-hybridized carbons (Fsp3) is 0.400. The molecule has 0 atom stereocenters. The summed E-state index contributed by atoms with van der Waals surface area (Å²) in [6.07, 6.45) is 0. The molecule has 0 fully saturated rings. The molecule has 2 aromatic rings. The Morgan fingerprint density at radius 3 is 2.76 bits per heavy atom. The van der Waals surface area contributed by atoms with Gasteiger partial charge >= 0.3 is 6.03 Å². The Bertz CT molecular complexity index is 605. The maximum atomic E-state index is 11.8. The maximum absolute atomic E-state index is 11.8. The van der Waals surface area contributed by atoms with Crippen molar-refractivity contribution < 1.29 is 9.32 Å². The number of hydrogen-bond donors (Lipinski definition) is 1. The van der Waals surface area contributed by atoms with Crippen molar-refractivity contribution in [3.05, 3.63) is 35.7 Å². The number of amides is 2. The first-order chi connectivity index (χ1) is 10.1. The average molecular weight is 288 g/mol. The molecule has 0 radical (unpaired) electrons. The van der Waals surface area contributed by atoms with Gasteiger partial charge in [0.25, 0.3) is 0 Å². The molecule has 6 heteroatoms. The Hall–Kier alpha value is -2.37. The Kier molecular flexibility index (Phi) is 4.92. The number of benzene rings is 1. The predicted octanol–water partition coefficient (Wildman–Crippen LogP) is 2.60. The van der Waals surface area contributed by atoms with Gasteiger partial charge in [0.1, 0.15) is 0 Å². The average Bonchev–Trinajstić information content (AvgIpc) is 2.95. The molecule has 1 heterocycles. The van der Waals surface area contributed by atoms with Crippen LogP contribution in [0.3, 0.4) is 0 Å². The summed E-state index contributed by atoms with van der Waals surface area (Å²) in [7, 11) is 0. The summed E-state index contributed by atoms with van der Waals surface area (Å²) in [6.45, 7) is 7.45.